The molecule has 0 unspecified atom stereocenters. The smallest absolute Gasteiger partial charge is 0.226 e. The van der Waals surface area contributed by atoms with Gasteiger partial charge in [0.25, 0.3) is 0 Å². The topological polar surface area (TPSA) is 41.1 Å². The summed E-state index contributed by atoms with van der Waals surface area (Å²) in [6, 6.07) is 8.43. The van der Waals surface area contributed by atoms with Gasteiger partial charge in [-0.05, 0) is 51.8 Å². The maximum Gasteiger partial charge on any atom is 0.226 e. The van der Waals surface area contributed by atoms with Crippen LogP contribution in [0.25, 0.3) is 0 Å². The average molecular weight is 274 g/mol. The SMILES string of the molecule is CCC1(C(=O)N[C@@H](C)c2cccc(C)c2)CCNCC1. The molecule has 1 aromatic rings. The van der Waals surface area contributed by atoms with Crippen molar-refractivity contribution in [3.8, 4) is 0 Å². The fourth-order valence-electron chi connectivity index (χ4n) is 3.02. The summed E-state index contributed by atoms with van der Waals surface area (Å²) in [5, 5.41) is 6.56. The standard InChI is InChI=1S/C17H26N2O/c1-4-17(8-10-18-11-9-17)16(20)19-14(3)15-7-5-6-13(2)12-15/h5-7,12,14,18H,4,8-11H2,1-3H3,(H,19,20)/t14-/m0/s1. The lowest BCUT2D eigenvalue weighted by molar-refractivity contribution is -0.133. The Bertz CT molecular complexity index is 464. The zero-order valence-corrected chi connectivity index (χ0v) is 12.8. The third-order valence-electron chi connectivity index (χ3n) is 4.61. The molecule has 1 saturated heterocycles. The van der Waals surface area contributed by atoms with Gasteiger partial charge >= 0.3 is 0 Å². The number of carbonyl (C=O) groups is 1. The van der Waals surface area contributed by atoms with Crippen molar-refractivity contribution in [2.24, 2.45) is 5.41 Å². The highest BCUT2D eigenvalue weighted by Gasteiger charge is 2.38. The summed E-state index contributed by atoms with van der Waals surface area (Å²) < 4.78 is 0. The molecule has 2 rings (SSSR count). The number of rotatable bonds is 4. The van der Waals surface area contributed by atoms with Crippen LogP contribution in [0.3, 0.4) is 0 Å². The second kappa shape index (κ2) is 6.40. The number of piperidine rings is 1. The van der Waals surface area contributed by atoms with Gasteiger partial charge in [-0.2, -0.15) is 0 Å². The molecule has 0 saturated carbocycles. The first-order valence-electron chi connectivity index (χ1n) is 7.66. The molecule has 20 heavy (non-hydrogen) atoms. The molecule has 0 bridgehead atoms. The summed E-state index contributed by atoms with van der Waals surface area (Å²) in [5.41, 5.74) is 2.23. The van der Waals surface area contributed by atoms with Gasteiger partial charge in [-0.3, -0.25) is 4.79 Å². The third kappa shape index (κ3) is 3.21. The van der Waals surface area contributed by atoms with Crippen LogP contribution in [-0.2, 0) is 4.79 Å². The molecule has 1 heterocycles. The fraction of sp³-hybridized carbons (Fsp3) is 0.588. The molecular weight excluding hydrogens is 248 g/mol. The number of hydrogen-bond donors (Lipinski definition) is 2. The van der Waals surface area contributed by atoms with E-state index in [9.17, 15) is 4.79 Å². The molecule has 1 amide bonds. The number of carbonyl (C=O) groups excluding carboxylic acids is 1. The molecule has 0 aliphatic carbocycles. The zero-order valence-electron chi connectivity index (χ0n) is 12.8. The Labute approximate surface area is 122 Å². The summed E-state index contributed by atoms with van der Waals surface area (Å²) in [6.45, 7) is 8.16. The molecule has 1 atom stereocenters. The average Bonchev–Trinajstić information content (AvgIpc) is 2.47. The van der Waals surface area contributed by atoms with Crippen molar-refractivity contribution in [2.75, 3.05) is 13.1 Å². The van der Waals surface area contributed by atoms with Gasteiger partial charge in [0.1, 0.15) is 0 Å². The minimum Gasteiger partial charge on any atom is -0.349 e. The quantitative estimate of drug-likeness (QED) is 0.886. The molecule has 1 aliphatic heterocycles. The highest BCUT2D eigenvalue weighted by Crippen LogP contribution is 2.33. The van der Waals surface area contributed by atoms with Crippen LogP contribution >= 0.6 is 0 Å². The largest absolute Gasteiger partial charge is 0.349 e. The second-order valence-electron chi connectivity index (χ2n) is 5.99. The maximum absolute atomic E-state index is 12.7. The molecular formula is C17H26N2O. The summed E-state index contributed by atoms with van der Waals surface area (Å²) in [5.74, 6) is 0.218. The van der Waals surface area contributed by atoms with Crippen molar-refractivity contribution < 1.29 is 4.79 Å². The molecule has 3 nitrogen and oxygen atoms in total. The Kier molecular flexibility index (Phi) is 4.81. The van der Waals surface area contributed by atoms with Gasteiger partial charge in [0.05, 0.1) is 11.5 Å². The van der Waals surface area contributed by atoms with Gasteiger partial charge < -0.3 is 10.6 Å². The van der Waals surface area contributed by atoms with Gasteiger partial charge in [0.2, 0.25) is 5.91 Å². The van der Waals surface area contributed by atoms with Crippen molar-refractivity contribution in [1.29, 1.82) is 0 Å². The van der Waals surface area contributed by atoms with Crippen LogP contribution in [0.4, 0.5) is 0 Å². The van der Waals surface area contributed by atoms with E-state index in [2.05, 4.69) is 49.6 Å². The number of nitrogens with one attached hydrogen (secondary N) is 2. The molecule has 0 spiro atoms. The number of aryl methyl sites for hydroxylation is 1. The minimum absolute atomic E-state index is 0.0701. The van der Waals surface area contributed by atoms with E-state index in [1.54, 1.807) is 0 Å². The van der Waals surface area contributed by atoms with Gasteiger partial charge in [-0.25, -0.2) is 0 Å². The summed E-state index contributed by atoms with van der Waals surface area (Å²) in [7, 11) is 0. The van der Waals surface area contributed by atoms with Crippen LogP contribution in [-0.4, -0.2) is 19.0 Å². The van der Waals surface area contributed by atoms with Crippen LogP contribution in [0, 0.1) is 12.3 Å². The van der Waals surface area contributed by atoms with E-state index in [4.69, 9.17) is 0 Å². The molecule has 0 radical (unpaired) electrons. The summed E-state index contributed by atoms with van der Waals surface area (Å²) in [4.78, 5) is 12.7. The Morgan fingerprint density at radius 2 is 2.10 bits per heavy atom. The van der Waals surface area contributed by atoms with Gasteiger partial charge in [-0.1, -0.05) is 36.8 Å². The number of amides is 1. The predicted octanol–water partition coefficient (Wildman–Crippen LogP) is 2.95. The summed E-state index contributed by atoms with van der Waals surface area (Å²) >= 11 is 0. The van der Waals surface area contributed by atoms with Crippen LogP contribution in [0.1, 0.15) is 50.3 Å². The number of benzene rings is 1. The molecule has 110 valence electrons. The normalized spacial score (nSPS) is 19.4. The number of hydrogen-bond acceptors (Lipinski definition) is 2. The Balaban J connectivity index is 2.06. The van der Waals surface area contributed by atoms with Crippen molar-refractivity contribution in [1.82, 2.24) is 10.6 Å². The maximum atomic E-state index is 12.7. The van der Waals surface area contributed by atoms with Crippen molar-refractivity contribution in [3.05, 3.63) is 35.4 Å². The minimum atomic E-state index is -0.177. The van der Waals surface area contributed by atoms with Crippen LogP contribution in [0.15, 0.2) is 24.3 Å². The van der Waals surface area contributed by atoms with Crippen molar-refractivity contribution >= 4 is 5.91 Å². The zero-order chi connectivity index (χ0) is 14.6. The molecule has 1 aliphatic rings. The van der Waals surface area contributed by atoms with E-state index in [0.717, 1.165) is 32.4 Å². The van der Waals surface area contributed by atoms with E-state index in [-0.39, 0.29) is 17.4 Å². The molecule has 1 aromatic carbocycles. The van der Waals surface area contributed by atoms with E-state index >= 15 is 0 Å². The molecule has 1 fully saturated rings. The lowest BCUT2D eigenvalue weighted by Gasteiger charge is -2.36. The van der Waals surface area contributed by atoms with E-state index in [0.29, 0.717) is 0 Å². The highest BCUT2D eigenvalue weighted by molar-refractivity contribution is 5.83. The van der Waals surface area contributed by atoms with Crippen molar-refractivity contribution in [3.63, 3.8) is 0 Å². The lowest BCUT2D eigenvalue weighted by atomic mass is 9.75. The van der Waals surface area contributed by atoms with E-state index in [1.807, 2.05) is 6.07 Å². The molecule has 2 N–H and O–H groups in total. The monoisotopic (exact) mass is 274 g/mol. The van der Waals surface area contributed by atoms with Gasteiger partial charge in [0.15, 0.2) is 0 Å². The van der Waals surface area contributed by atoms with Gasteiger partial charge in [-0.15, -0.1) is 0 Å². The van der Waals surface area contributed by atoms with E-state index in [1.165, 1.54) is 11.1 Å². The van der Waals surface area contributed by atoms with Gasteiger partial charge in [0, 0.05) is 0 Å². The van der Waals surface area contributed by atoms with Crippen LogP contribution in [0.5, 0.6) is 0 Å². The Hall–Kier alpha value is -1.35. The fourth-order valence-corrected chi connectivity index (χ4v) is 3.02. The first-order chi connectivity index (χ1) is 9.57. The Morgan fingerprint density at radius 1 is 1.40 bits per heavy atom. The predicted molar refractivity (Wildman–Crippen MR) is 82.6 cm³/mol. The van der Waals surface area contributed by atoms with Crippen molar-refractivity contribution in [2.45, 2.75) is 46.1 Å². The summed E-state index contributed by atoms with van der Waals surface area (Å²) in [6.07, 6.45) is 2.80. The third-order valence-corrected chi connectivity index (χ3v) is 4.61. The van der Waals surface area contributed by atoms with Crippen LogP contribution in [0.2, 0.25) is 0 Å². The highest BCUT2D eigenvalue weighted by atomic mass is 16.2. The first kappa shape index (κ1) is 15.0. The molecule has 0 aromatic heterocycles. The van der Waals surface area contributed by atoms with E-state index < -0.39 is 0 Å². The second-order valence-corrected chi connectivity index (χ2v) is 5.99. The Morgan fingerprint density at radius 3 is 2.70 bits per heavy atom. The van der Waals surface area contributed by atoms with Crippen LogP contribution < -0.4 is 10.6 Å². The lowest BCUT2D eigenvalue weighted by Crippen LogP contribution is -2.47. The first-order valence-corrected chi connectivity index (χ1v) is 7.66. The molecule has 3 heteroatoms.